The number of nitrogens with two attached hydrogens (primary N) is 4. The molecular formula is C32H58N10O10. The number of primary amides is 1. The first-order chi connectivity index (χ1) is 24.0. The van der Waals surface area contributed by atoms with Gasteiger partial charge in [0.15, 0.2) is 5.96 Å². The molecule has 0 aliphatic rings. The first kappa shape index (κ1) is 47.0. The molecule has 0 spiro atoms. The Bertz CT molecular complexity index is 1290. The van der Waals surface area contributed by atoms with Gasteiger partial charge in [-0.15, -0.1) is 0 Å². The highest BCUT2D eigenvalue weighted by molar-refractivity contribution is 5.98. The number of aliphatic imine (C=N–C) groups is 1. The van der Waals surface area contributed by atoms with E-state index in [1.165, 1.54) is 0 Å². The van der Waals surface area contributed by atoms with Crippen LogP contribution in [0.15, 0.2) is 4.99 Å². The monoisotopic (exact) mass is 742 g/mol. The van der Waals surface area contributed by atoms with Gasteiger partial charge in [0.05, 0.1) is 18.9 Å². The molecule has 0 saturated carbocycles. The second-order valence-electron chi connectivity index (χ2n) is 13.9. The fourth-order valence-corrected chi connectivity index (χ4v) is 4.93. The Balaban J connectivity index is 6.27. The number of carboxylic acids is 2. The Labute approximate surface area is 303 Å². The van der Waals surface area contributed by atoms with Gasteiger partial charge in [0.25, 0.3) is 0 Å². The Morgan fingerprint density at radius 3 is 1.37 bits per heavy atom. The van der Waals surface area contributed by atoms with Crippen LogP contribution in [0.25, 0.3) is 0 Å². The van der Waals surface area contributed by atoms with Gasteiger partial charge in [-0.3, -0.25) is 38.6 Å². The van der Waals surface area contributed by atoms with Crippen molar-refractivity contribution in [1.82, 2.24) is 26.6 Å². The Morgan fingerprint density at radius 2 is 0.942 bits per heavy atom. The molecule has 0 heterocycles. The molecule has 0 saturated heterocycles. The van der Waals surface area contributed by atoms with Crippen molar-refractivity contribution in [3.63, 3.8) is 0 Å². The predicted molar refractivity (Wildman–Crippen MR) is 190 cm³/mol. The van der Waals surface area contributed by atoms with Gasteiger partial charge in [-0.1, -0.05) is 41.5 Å². The Kier molecular flexibility index (Phi) is 21.2. The van der Waals surface area contributed by atoms with Crippen LogP contribution in [-0.4, -0.2) is 106 Å². The van der Waals surface area contributed by atoms with E-state index in [4.69, 9.17) is 28.0 Å². The van der Waals surface area contributed by atoms with E-state index in [9.17, 15) is 43.5 Å². The summed E-state index contributed by atoms with van der Waals surface area (Å²) >= 11 is 0. The van der Waals surface area contributed by atoms with Crippen molar-refractivity contribution in [2.75, 3.05) is 6.54 Å². The van der Waals surface area contributed by atoms with Crippen LogP contribution in [0.5, 0.6) is 0 Å². The van der Waals surface area contributed by atoms with Crippen LogP contribution in [0.4, 0.5) is 0 Å². The van der Waals surface area contributed by atoms with Gasteiger partial charge in [0.2, 0.25) is 35.4 Å². The van der Waals surface area contributed by atoms with Crippen molar-refractivity contribution in [3.8, 4) is 0 Å². The normalized spacial score (nSPS) is 14.6. The van der Waals surface area contributed by atoms with E-state index in [0.29, 0.717) is 0 Å². The first-order valence-corrected chi connectivity index (χ1v) is 17.1. The summed E-state index contributed by atoms with van der Waals surface area (Å²) in [5.41, 5.74) is 21.7. The number of guanidine groups is 1. The molecule has 0 unspecified atom stereocenters. The summed E-state index contributed by atoms with van der Waals surface area (Å²) < 4.78 is 0. The summed E-state index contributed by atoms with van der Waals surface area (Å²) in [5.74, 6) is -8.64. The summed E-state index contributed by atoms with van der Waals surface area (Å²) in [6, 6.07) is -8.18. The van der Waals surface area contributed by atoms with Crippen molar-refractivity contribution < 1.29 is 48.6 Å². The summed E-state index contributed by atoms with van der Waals surface area (Å²) in [6.45, 7) is 10.7. The van der Waals surface area contributed by atoms with Crippen molar-refractivity contribution >= 4 is 53.3 Å². The van der Waals surface area contributed by atoms with Gasteiger partial charge in [0, 0.05) is 6.54 Å². The largest absolute Gasteiger partial charge is 0.481 e. The van der Waals surface area contributed by atoms with E-state index < -0.39 is 96.5 Å². The van der Waals surface area contributed by atoms with Crippen LogP contribution in [0.3, 0.4) is 0 Å². The molecule has 0 fully saturated rings. The third kappa shape index (κ3) is 20.0. The average Bonchev–Trinajstić information content (AvgIpc) is 2.99. The fraction of sp³-hybridized carbons (Fsp3) is 0.719. The molecule has 0 aromatic rings. The molecule has 15 N–H and O–H groups in total. The number of hydrogen-bond acceptors (Lipinski definition) is 10. The smallest absolute Gasteiger partial charge is 0.326 e. The summed E-state index contributed by atoms with van der Waals surface area (Å²) in [5, 5.41) is 30.9. The third-order valence-corrected chi connectivity index (χ3v) is 7.35. The maximum Gasteiger partial charge on any atom is 0.326 e. The molecule has 0 radical (unpaired) electrons. The van der Waals surface area contributed by atoms with Gasteiger partial charge >= 0.3 is 11.9 Å². The molecule has 6 amide bonds. The average molecular weight is 743 g/mol. The SMILES string of the molecule is CC(C)C[C@H](NC(=O)[C@H](CCCN=C(N)N)NC(=O)[C@H](CC(C)C)NC(=O)[C@H](CC(N)=O)NC(=O)[C@H](CC(C)C)NC(=O)[C@@H](N)CC(=O)O)C(=O)O. The quantitative estimate of drug-likeness (QED) is 0.0259. The molecule has 0 rings (SSSR count). The lowest BCUT2D eigenvalue weighted by molar-refractivity contribution is -0.143. The molecule has 0 aromatic carbocycles. The van der Waals surface area contributed by atoms with Gasteiger partial charge in [0.1, 0.15) is 30.2 Å². The van der Waals surface area contributed by atoms with Gasteiger partial charge < -0.3 is 59.7 Å². The van der Waals surface area contributed by atoms with Crippen LogP contribution in [-0.2, 0) is 38.4 Å². The summed E-state index contributed by atoms with van der Waals surface area (Å²) in [7, 11) is 0. The minimum absolute atomic E-state index is 0.00977. The summed E-state index contributed by atoms with van der Waals surface area (Å²) in [6.07, 6.45) is -0.998. The van der Waals surface area contributed by atoms with E-state index in [2.05, 4.69) is 31.6 Å². The highest BCUT2D eigenvalue weighted by atomic mass is 16.4. The van der Waals surface area contributed by atoms with Crippen molar-refractivity contribution in [1.29, 1.82) is 0 Å². The lowest BCUT2D eigenvalue weighted by Crippen LogP contribution is -2.60. The Morgan fingerprint density at radius 1 is 0.558 bits per heavy atom. The number of carbonyl (C=O) groups is 8. The van der Waals surface area contributed by atoms with Crippen LogP contribution < -0.4 is 49.5 Å². The molecule has 0 aromatic heterocycles. The number of nitrogens with zero attached hydrogens (tertiary/aromatic N) is 1. The van der Waals surface area contributed by atoms with Crippen LogP contribution in [0.2, 0.25) is 0 Å². The maximum absolute atomic E-state index is 13.7. The van der Waals surface area contributed by atoms with E-state index in [1.54, 1.807) is 41.5 Å². The van der Waals surface area contributed by atoms with E-state index in [1.807, 2.05) is 0 Å². The molecule has 0 aliphatic heterocycles. The number of aliphatic carboxylic acids is 2. The van der Waals surface area contributed by atoms with E-state index in [0.717, 1.165) is 0 Å². The highest BCUT2D eigenvalue weighted by Crippen LogP contribution is 2.11. The molecule has 6 atom stereocenters. The van der Waals surface area contributed by atoms with Crippen molar-refractivity contribution in [2.24, 2.45) is 45.7 Å². The van der Waals surface area contributed by atoms with E-state index >= 15 is 0 Å². The number of carboxylic acid groups (broad SMARTS) is 2. The number of rotatable bonds is 25. The standard InChI is InChI=1S/C32H58N10O10/c1-15(2)10-20(39-26(46)18(33)13-25(44)45)29(49)41-22(14-24(34)43)30(50)40-21(11-16(3)4)28(48)38-19(8-7-9-37-32(35)36)27(47)42-23(31(51)52)12-17(5)6/h15-23H,7-14,33H2,1-6H3,(H2,34,43)(H,38,48)(H,39,46)(H,40,50)(H,41,49)(H,42,47)(H,44,45)(H,51,52)(H4,35,36,37)/t18-,19-,20-,21-,22-,23-/m0/s1. The minimum Gasteiger partial charge on any atom is -0.481 e. The van der Waals surface area contributed by atoms with Gasteiger partial charge in [-0.2, -0.15) is 0 Å². The first-order valence-electron chi connectivity index (χ1n) is 17.1. The topological polar surface area (TPSA) is 354 Å². The number of carbonyl (C=O) groups excluding carboxylic acids is 6. The number of amides is 6. The van der Waals surface area contributed by atoms with Crippen LogP contribution >= 0.6 is 0 Å². The molecular weight excluding hydrogens is 684 g/mol. The second kappa shape index (κ2) is 23.5. The molecule has 296 valence electrons. The molecule has 52 heavy (non-hydrogen) atoms. The molecule has 0 bridgehead atoms. The van der Waals surface area contributed by atoms with Crippen LogP contribution in [0, 0.1) is 17.8 Å². The fourth-order valence-electron chi connectivity index (χ4n) is 4.93. The molecule has 20 nitrogen and oxygen atoms in total. The lowest BCUT2D eigenvalue weighted by atomic mass is 10.00. The lowest BCUT2D eigenvalue weighted by Gasteiger charge is -2.28. The van der Waals surface area contributed by atoms with Gasteiger partial charge in [-0.05, 0) is 49.9 Å². The highest BCUT2D eigenvalue weighted by Gasteiger charge is 2.34. The summed E-state index contributed by atoms with van der Waals surface area (Å²) in [4.78, 5) is 105. The Hall–Kier alpha value is -5.01. The molecule has 0 aliphatic carbocycles. The predicted octanol–water partition coefficient (Wildman–Crippen LogP) is -2.64. The van der Waals surface area contributed by atoms with Crippen LogP contribution in [0.1, 0.15) is 86.5 Å². The van der Waals surface area contributed by atoms with E-state index in [-0.39, 0.29) is 62.4 Å². The zero-order valence-electron chi connectivity index (χ0n) is 30.8. The third-order valence-electron chi connectivity index (χ3n) is 7.35. The zero-order valence-corrected chi connectivity index (χ0v) is 30.8. The number of hydrogen-bond donors (Lipinski definition) is 11. The zero-order chi connectivity index (χ0) is 40.3. The number of nitrogens with one attached hydrogen (secondary N) is 5. The minimum atomic E-state index is -1.61. The van der Waals surface area contributed by atoms with Crippen molar-refractivity contribution in [3.05, 3.63) is 0 Å². The van der Waals surface area contributed by atoms with Crippen molar-refractivity contribution in [2.45, 2.75) is 123 Å². The maximum atomic E-state index is 13.7. The molecule has 20 heteroatoms. The van der Waals surface area contributed by atoms with Gasteiger partial charge in [-0.25, -0.2) is 4.79 Å². The second-order valence-corrected chi connectivity index (χ2v) is 13.9.